The van der Waals surface area contributed by atoms with Gasteiger partial charge >= 0.3 is 0 Å². The first kappa shape index (κ1) is 65.2. The van der Waals surface area contributed by atoms with Crippen molar-refractivity contribution in [2.24, 2.45) is 0 Å². The van der Waals surface area contributed by atoms with Crippen molar-refractivity contribution in [2.45, 2.75) is 0 Å². The molecule has 0 unspecified atom stereocenters. The highest BCUT2D eigenvalue weighted by Crippen LogP contribution is 2.43. The lowest BCUT2D eigenvalue weighted by atomic mass is 9.94. The summed E-state index contributed by atoms with van der Waals surface area (Å²) in [6.45, 7) is 0. The van der Waals surface area contributed by atoms with E-state index in [-0.39, 0.29) is 0 Å². The number of pyridine rings is 4. The quantitative estimate of drug-likeness (QED) is 0.0985. The number of nitrogens with zero attached hydrogens (tertiary/aromatic N) is 8. The summed E-state index contributed by atoms with van der Waals surface area (Å²) >= 11 is 0. The van der Waals surface area contributed by atoms with Gasteiger partial charge in [0, 0.05) is 87.6 Å². The Morgan fingerprint density at radius 2 is 0.482 bits per heavy atom. The van der Waals surface area contributed by atoms with Crippen LogP contribution in [0.1, 0.15) is 0 Å². The molecule has 0 spiro atoms. The Kier molecular flexibility index (Phi) is 16.1. The van der Waals surface area contributed by atoms with Crippen molar-refractivity contribution in [3.8, 4) is 112 Å². The molecule has 22 rings (SSSR count). The predicted molar refractivity (Wildman–Crippen MR) is 465 cm³/mol. The largest absolute Gasteiger partial charge is 0.245 e. The summed E-state index contributed by atoms with van der Waals surface area (Å²) in [4.78, 5) is 41.8. The van der Waals surface area contributed by atoms with Crippen LogP contribution in [-0.4, -0.2) is 39.9 Å². The van der Waals surface area contributed by atoms with Crippen LogP contribution in [0.2, 0.25) is 0 Å². The SMILES string of the molecule is c1ccc(-c2ccc(-c3nc(-c4ccc(-c5ccc6ccc7c(-c8ccccc8)c8ccccc8nc7c6n5)c5ccccc45)nc4ccccc34)cc2)cc1.c1ccc(-c2ccc(-c3nc(-c4ccc5cc(-c6ccc7ccc8c(-c9ccccc9)c9ccccc9nc8c7n6)ccc5c4)nc4ccccc34)cc2)cc1. The maximum absolute atomic E-state index is 5.40. The van der Waals surface area contributed by atoms with Gasteiger partial charge in [-0.1, -0.05) is 334 Å². The molecular formula is C104H64N8. The maximum Gasteiger partial charge on any atom is 0.161 e. The monoisotopic (exact) mass is 1420 g/mol. The van der Waals surface area contributed by atoms with Gasteiger partial charge in [-0.3, -0.25) is 0 Å². The average Bonchev–Trinajstić information content (AvgIpc) is 0.743. The molecule has 0 saturated heterocycles. The molecule has 0 fully saturated rings. The van der Waals surface area contributed by atoms with Gasteiger partial charge in [-0.15, -0.1) is 0 Å². The highest BCUT2D eigenvalue weighted by atomic mass is 14.9. The van der Waals surface area contributed by atoms with Crippen LogP contribution in [0.25, 0.3) is 221 Å². The number of benzene rings is 16. The third-order valence-corrected chi connectivity index (χ3v) is 21.7. The van der Waals surface area contributed by atoms with E-state index in [1.807, 2.05) is 30.3 Å². The first-order valence-corrected chi connectivity index (χ1v) is 37.8. The van der Waals surface area contributed by atoms with Gasteiger partial charge in [0.2, 0.25) is 0 Å². The molecule has 0 bridgehead atoms. The summed E-state index contributed by atoms with van der Waals surface area (Å²) in [6, 6.07) is 136. The Morgan fingerprint density at radius 3 is 0.982 bits per heavy atom. The highest BCUT2D eigenvalue weighted by Gasteiger charge is 2.22. The van der Waals surface area contributed by atoms with E-state index in [0.717, 1.165) is 170 Å². The molecule has 0 aliphatic rings. The second-order valence-electron chi connectivity index (χ2n) is 28.4. The average molecular weight is 1430 g/mol. The van der Waals surface area contributed by atoms with Crippen LogP contribution in [-0.2, 0) is 0 Å². The standard InChI is InChI=1S/2C52H32N4/c1-3-11-33(12-4-1)34-19-21-36(22-20-34)49-43-16-8-10-18-47(43)55-52(56-49)41-26-24-38-31-40(25-23-39(38)32-41)45-30-28-37-27-29-44-48(35-13-5-2-6-14-35)42-15-7-9-17-46(42)54-51(44)50(37)53-45;1-3-13-33(14-4-1)34-23-25-36(26-24-34)49-43-20-10-12-22-46(43)55-52(56-49)41-31-30-40(38-17-7-8-18-39(38)41)47-32-28-37-27-29-44-48(35-15-5-2-6-16-35)42-19-9-11-21-45(42)54-51(44)50(37)53-47/h2*1-32H. The molecule has 8 nitrogen and oxygen atoms in total. The van der Waals surface area contributed by atoms with Crippen molar-refractivity contribution in [1.29, 1.82) is 0 Å². The van der Waals surface area contributed by atoms with Crippen molar-refractivity contribution in [3.05, 3.63) is 388 Å². The van der Waals surface area contributed by atoms with Crippen LogP contribution in [0.5, 0.6) is 0 Å². The fraction of sp³-hybridized carbons (Fsp3) is 0. The lowest BCUT2D eigenvalue weighted by Crippen LogP contribution is -1.97. The third kappa shape index (κ3) is 11.7. The van der Waals surface area contributed by atoms with E-state index < -0.39 is 0 Å². The minimum Gasteiger partial charge on any atom is -0.245 e. The molecule has 8 heteroatoms. The number of para-hydroxylation sites is 4. The number of fused-ring (bicyclic) bond motifs is 12. The Bertz CT molecular complexity index is 7470. The molecule has 16 aromatic carbocycles. The molecule has 0 saturated carbocycles. The molecule has 6 aromatic heterocycles. The zero-order valence-corrected chi connectivity index (χ0v) is 60.5. The van der Waals surface area contributed by atoms with E-state index in [1.54, 1.807) is 0 Å². The predicted octanol–water partition coefficient (Wildman–Crippen LogP) is 26.7. The van der Waals surface area contributed by atoms with Crippen molar-refractivity contribution in [1.82, 2.24) is 39.9 Å². The Balaban J connectivity index is 0.000000141. The summed E-state index contributed by atoms with van der Waals surface area (Å²) in [7, 11) is 0. The van der Waals surface area contributed by atoms with Gasteiger partial charge in [-0.05, 0) is 110 Å². The smallest absolute Gasteiger partial charge is 0.161 e. The topological polar surface area (TPSA) is 103 Å². The van der Waals surface area contributed by atoms with Gasteiger partial charge in [0.05, 0.1) is 66.9 Å². The van der Waals surface area contributed by atoms with E-state index in [0.29, 0.717) is 11.6 Å². The van der Waals surface area contributed by atoms with Gasteiger partial charge in [-0.25, -0.2) is 39.9 Å². The van der Waals surface area contributed by atoms with E-state index in [2.05, 4.69) is 358 Å². The van der Waals surface area contributed by atoms with E-state index >= 15 is 0 Å². The lowest BCUT2D eigenvalue weighted by Gasteiger charge is -2.15. The molecule has 0 aliphatic heterocycles. The van der Waals surface area contributed by atoms with Gasteiger partial charge in [-0.2, -0.15) is 0 Å². The Labute approximate surface area is 645 Å². The summed E-state index contributed by atoms with van der Waals surface area (Å²) in [5.41, 5.74) is 26.6. The molecule has 520 valence electrons. The number of hydrogen-bond acceptors (Lipinski definition) is 8. The van der Waals surface area contributed by atoms with E-state index in [1.165, 1.54) is 38.9 Å². The Morgan fingerprint density at radius 1 is 0.152 bits per heavy atom. The van der Waals surface area contributed by atoms with Gasteiger partial charge in [0.25, 0.3) is 0 Å². The molecule has 22 aromatic rings. The number of hydrogen-bond donors (Lipinski definition) is 0. The van der Waals surface area contributed by atoms with Crippen LogP contribution in [0.3, 0.4) is 0 Å². The summed E-state index contributed by atoms with van der Waals surface area (Å²) in [5.74, 6) is 1.39. The van der Waals surface area contributed by atoms with Gasteiger partial charge in [0.1, 0.15) is 0 Å². The van der Waals surface area contributed by atoms with Crippen LogP contribution in [0.15, 0.2) is 388 Å². The Hall–Kier alpha value is -15.1. The summed E-state index contributed by atoms with van der Waals surface area (Å²) in [6.07, 6.45) is 0. The summed E-state index contributed by atoms with van der Waals surface area (Å²) < 4.78 is 0. The van der Waals surface area contributed by atoms with E-state index in [4.69, 9.17) is 39.9 Å². The minimum absolute atomic E-state index is 0.690. The number of rotatable bonds is 10. The summed E-state index contributed by atoms with van der Waals surface area (Å²) in [5, 5.41) is 13.0. The van der Waals surface area contributed by atoms with E-state index in [9.17, 15) is 0 Å². The normalized spacial score (nSPS) is 11.6. The molecule has 0 atom stereocenters. The van der Waals surface area contributed by atoms with Crippen LogP contribution >= 0.6 is 0 Å². The van der Waals surface area contributed by atoms with Gasteiger partial charge < -0.3 is 0 Å². The zero-order chi connectivity index (χ0) is 74.0. The minimum atomic E-state index is 0.690. The first-order chi connectivity index (χ1) is 55.5. The van der Waals surface area contributed by atoms with Crippen molar-refractivity contribution >= 4 is 109 Å². The van der Waals surface area contributed by atoms with Crippen LogP contribution < -0.4 is 0 Å². The van der Waals surface area contributed by atoms with Crippen LogP contribution in [0, 0.1) is 0 Å². The molecule has 112 heavy (non-hydrogen) atoms. The maximum atomic E-state index is 5.40. The second kappa shape index (κ2) is 27.6. The van der Waals surface area contributed by atoms with Gasteiger partial charge in [0.15, 0.2) is 11.6 Å². The second-order valence-corrected chi connectivity index (χ2v) is 28.4. The molecule has 6 heterocycles. The fourth-order valence-electron chi connectivity index (χ4n) is 16.2. The third-order valence-electron chi connectivity index (χ3n) is 21.7. The molecule has 0 amide bonds. The van der Waals surface area contributed by atoms with Crippen molar-refractivity contribution in [3.63, 3.8) is 0 Å². The van der Waals surface area contributed by atoms with Crippen molar-refractivity contribution < 1.29 is 0 Å². The zero-order valence-electron chi connectivity index (χ0n) is 60.5. The molecular weight excluding hydrogens is 1360 g/mol. The van der Waals surface area contributed by atoms with Crippen LogP contribution in [0.4, 0.5) is 0 Å². The first-order valence-electron chi connectivity index (χ1n) is 37.8. The molecule has 0 N–H and O–H groups in total. The molecule has 0 radical (unpaired) electrons. The lowest BCUT2D eigenvalue weighted by molar-refractivity contribution is 1.23. The molecule has 0 aliphatic carbocycles. The van der Waals surface area contributed by atoms with Crippen molar-refractivity contribution in [2.75, 3.05) is 0 Å². The highest BCUT2D eigenvalue weighted by molar-refractivity contribution is 6.18. The fourth-order valence-corrected chi connectivity index (χ4v) is 16.2. The number of aromatic nitrogens is 8.